The molecule has 0 spiro atoms. The summed E-state index contributed by atoms with van der Waals surface area (Å²) in [5.41, 5.74) is 12.5. The topological polar surface area (TPSA) is 39.3 Å². The van der Waals surface area contributed by atoms with Crippen LogP contribution in [0.4, 0.5) is 0 Å². The Balaban J connectivity index is 1.77. The second-order valence-corrected chi connectivity index (χ2v) is 6.65. The summed E-state index contributed by atoms with van der Waals surface area (Å²) in [6.07, 6.45) is 5.01. The van der Waals surface area contributed by atoms with Crippen LogP contribution in [0.1, 0.15) is 29.5 Å². The molecule has 2 atom stereocenters. The molecule has 0 aromatic heterocycles. The van der Waals surface area contributed by atoms with Gasteiger partial charge in [-0.1, -0.05) is 37.4 Å². The number of benzene rings is 1. The first kappa shape index (κ1) is 16.8. The Bertz CT molecular complexity index is 645. The van der Waals surface area contributed by atoms with E-state index in [0.29, 0.717) is 6.04 Å². The quantitative estimate of drug-likeness (QED) is 0.643. The summed E-state index contributed by atoms with van der Waals surface area (Å²) in [5.74, 6) is 0. The zero-order chi connectivity index (χ0) is 17.1. The van der Waals surface area contributed by atoms with E-state index in [1.807, 2.05) is 13.1 Å². The molecule has 2 unspecified atom stereocenters. The van der Waals surface area contributed by atoms with Crippen LogP contribution in [0.3, 0.4) is 0 Å². The lowest BCUT2D eigenvalue weighted by Gasteiger charge is -2.32. The Kier molecular flexibility index (Phi) is 5.07. The average molecular weight is 324 g/mol. The van der Waals surface area contributed by atoms with Gasteiger partial charge in [0.25, 0.3) is 0 Å². The number of nitrogens with zero attached hydrogens (tertiary/aromatic N) is 1. The standard InChI is InChI=1S/C20H28N4/c1-5-6-7-20(14(2)21-4)24-13-17-10-16(11-18-12-22-23-18)8-9-19(17)15(24)3/h5,8-10,18,20-23H,1-3,6-7,11-13H2,4H3. The largest absolute Gasteiger partial charge is 0.390 e. The van der Waals surface area contributed by atoms with Gasteiger partial charge in [-0.3, -0.25) is 10.9 Å². The van der Waals surface area contributed by atoms with Gasteiger partial charge in [0.05, 0.1) is 6.04 Å². The van der Waals surface area contributed by atoms with Crippen molar-refractivity contribution in [2.45, 2.75) is 37.9 Å². The third-order valence-electron chi connectivity index (χ3n) is 5.05. The van der Waals surface area contributed by atoms with Crippen LogP contribution in [-0.2, 0) is 13.0 Å². The highest BCUT2D eigenvalue weighted by Crippen LogP contribution is 2.36. The molecule has 2 aliphatic rings. The zero-order valence-electron chi connectivity index (χ0n) is 14.6. The Labute approximate surface area is 145 Å². The first-order valence-electron chi connectivity index (χ1n) is 8.67. The van der Waals surface area contributed by atoms with E-state index in [2.05, 4.69) is 59.0 Å². The fourth-order valence-corrected chi connectivity index (χ4v) is 3.53. The Hall–Kier alpha value is -2.04. The molecule has 3 N–H and O–H groups in total. The van der Waals surface area contributed by atoms with Crippen molar-refractivity contribution in [3.63, 3.8) is 0 Å². The van der Waals surface area contributed by atoms with Crippen LogP contribution in [-0.4, -0.2) is 30.6 Å². The van der Waals surface area contributed by atoms with E-state index < -0.39 is 0 Å². The second kappa shape index (κ2) is 7.24. The molecule has 2 aliphatic heterocycles. The number of hydrazine groups is 1. The van der Waals surface area contributed by atoms with Crippen LogP contribution in [0.2, 0.25) is 0 Å². The Morgan fingerprint density at radius 1 is 1.50 bits per heavy atom. The molecule has 0 bridgehead atoms. The first-order chi connectivity index (χ1) is 11.6. The number of allylic oxidation sites excluding steroid dienone is 1. The fourth-order valence-electron chi connectivity index (χ4n) is 3.53. The van der Waals surface area contributed by atoms with Gasteiger partial charge in [-0.05, 0) is 30.4 Å². The van der Waals surface area contributed by atoms with E-state index in [0.717, 1.165) is 43.7 Å². The predicted octanol–water partition coefficient (Wildman–Crippen LogP) is 2.56. The van der Waals surface area contributed by atoms with E-state index in [-0.39, 0.29) is 6.04 Å². The normalized spacial score (nSPS) is 20.3. The highest BCUT2D eigenvalue weighted by molar-refractivity contribution is 5.70. The molecule has 4 heteroatoms. The number of nitrogens with one attached hydrogen (secondary N) is 3. The van der Waals surface area contributed by atoms with Crippen molar-refractivity contribution in [1.82, 2.24) is 21.1 Å². The number of rotatable bonds is 8. The maximum Gasteiger partial charge on any atom is 0.0688 e. The molecule has 1 fully saturated rings. The van der Waals surface area contributed by atoms with E-state index in [1.165, 1.54) is 16.7 Å². The van der Waals surface area contributed by atoms with Crippen molar-refractivity contribution in [3.8, 4) is 0 Å². The molecule has 0 amide bonds. The van der Waals surface area contributed by atoms with Crippen molar-refractivity contribution in [2.75, 3.05) is 13.6 Å². The molecule has 3 rings (SSSR count). The SMILES string of the molecule is C=CCCC(C(=C)NC)N1Cc2cc(CC3CNN3)ccc2C1=C. The summed E-state index contributed by atoms with van der Waals surface area (Å²) in [4.78, 5) is 2.37. The number of fused-ring (bicyclic) bond motifs is 1. The van der Waals surface area contributed by atoms with Gasteiger partial charge in [-0.15, -0.1) is 6.58 Å². The summed E-state index contributed by atoms with van der Waals surface area (Å²) in [5, 5.41) is 3.22. The monoisotopic (exact) mass is 324 g/mol. The van der Waals surface area contributed by atoms with Crippen LogP contribution in [0, 0.1) is 0 Å². The van der Waals surface area contributed by atoms with Crippen molar-refractivity contribution < 1.29 is 0 Å². The molecule has 1 aromatic rings. The Morgan fingerprint density at radius 3 is 2.92 bits per heavy atom. The lowest BCUT2D eigenvalue weighted by Crippen LogP contribution is -2.59. The summed E-state index contributed by atoms with van der Waals surface area (Å²) in [6, 6.07) is 7.60. The zero-order valence-corrected chi connectivity index (χ0v) is 14.6. The Morgan fingerprint density at radius 2 is 2.29 bits per heavy atom. The molecule has 1 saturated heterocycles. The van der Waals surface area contributed by atoms with Crippen molar-refractivity contribution >= 4 is 5.70 Å². The van der Waals surface area contributed by atoms with Gasteiger partial charge >= 0.3 is 0 Å². The molecule has 2 heterocycles. The van der Waals surface area contributed by atoms with Crippen LogP contribution < -0.4 is 16.2 Å². The molecule has 1 aromatic carbocycles. The molecular weight excluding hydrogens is 296 g/mol. The second-order valence-electron chi connectivity index (χ2n) is 6.65. The maximum absolute atomic E-state index is 4.35. The summed E-state index contributed by atoms with van der Waals surface area (Å²) >= 11 is 0. The van der Waals surface area contributed by atoms with Crippen LogP contribution >= 0.6 is 0 Å². The molecule has 128 valence electrons. The molecule has 0 radical (unpaired) electrons. The molecule has 24 heavy (non-hydrogen) atoms. The van der Waals surface area contributed by atoms with Crippen LogP contribution in [0.5, 0.6) is 0 Å². The van der Waals surface area contributed by atoms with Crippen molar-refractivity contribution in [2.24, 2.45) is 0 Å². The van der Waals surface area contributed by atoms with Crippen LogP contribution in [0.25, 0.3) is 5.70 Å². The van der Waals surface area contributed by atoms with Gasteiger partial charge in [0.1, 0.15) is 0 Å². The van der Waals surface area contributed by atoms with Gasteiger partial charge < -0.3 is 10.2 Å². The average Bonchev–Trinajstić information content (AvgIpc) is 2.87. The van der Waals surface area contributed by atoms with Gasteiger partial charge in [-0.25, -0.2) is 0 Å². The number of hydrogen-bond acceptors (Lipinski definition) is 4. The number of hydrogen-bond donors (Lipinski definition) is 3. The lowest BCUT2D eigenvalue weighted by molar-refractivity contribution is 0.298. The van der Waals surface area contributed by atoms with E-state index in [4.69, 9.17) is 0 Å². The molecule has 0 aliphatic carbocycles. The molecule has 4 nitrogen and oxygen atoms in total. The van der Waals surface area contributed by atoms with Crippen LogP contribution in [0.15, 0.2) is 49.7 Å². The first-order valence-corrected chi connectivity index (χ1v) is 8.67. The maximum atomic E-state index is 4.35. The molecule has 0 saturated carbocycles. The van der Waals surface area contributed by atoms with E-state index >= 15 is 0 Å². The predicted molar refractivity (Wildman–Crippen MR) is 101 cm³/mol. The van der Waals surface area contributed by atoms with E-state index in [1.54, 1.807) is 0 Å². The smallest absolute Gasteiger partial charge is 0.0688 e. The van der Waals surface area contributed by atoms with Gasteiger partial charge in [0.2, 0.25) is 0 Å². The summed E-state index contributed by atoms with van der Waals surface area (Å²) < 4.78 is 0. The van der Waals surface area contributed by atoms with Crippen molar-refractivity contribution in [3.05, 3.63) is 66.4 Å². The highest BCUT2D eigenvalue weighted by Gasteiger charge is 2.29. The number of likely N-dealkylation sites (N-methyl/N-ethyl adjacent to an activating group) is 1. The minimum absolute atomic E-state index is 0.244. The minimum Gasteiger partial charge on any atom is -0.390 e. The fraction of sp³-hybridized carbons (Fsp3) is 0.400. The lowest BCUT2D eigenvalue weighted by atomic mass is 9.99. The van der Waals surface area contributed by atoms with E-state index in [9.17, 15) is 0 Å². The third-order valence-corrected chi connectivity index (χ3v) is 5.05. The summed E-state index contributed by atoms with van der Waals surface area (Å²) in [6.45, 7) is 14.4. The summed E-state index contributed by atoms with van der Waals surface area (Å²) in [7, 11) is 1.94. The van der Waals surface area contributed by atoms with Gasteiger partial charge in [0, 0.05) is 43.1 Å². The highest BCUT2D eigenvalue weighted by atomic mass is 15.4. The van der Waals surface area contributed by atoms with Gasteiger partial charge in [0.15, 0.2) is 0 Å². The third kappa shape index (κ3) is 3.25. The molecular formula is C20H28N4. The van der Waals surface area contributed by atoms with Crippen molar-refractivity contribution in [1.29, 1.82) is 0 Å². The van der Waals surface area contributed by atoms with Gasteiger partial charge in [-0.2, -0.15) is 0 Å². The minimum atomic E-state index is 0.244.